The molecule has 8 nitrogen and oxygen atoms in total. The van der Waals surface area contributed by atoms with Gasteiger partial charge >= 0.3 is 0 Å². The van der Waals surface area contributed by atoms with Crippen LogP contribution in [0.15, 0.2) is 57.9 Å². The van der Waals surface area contributed by atoms with E-state index in [2.05, 4.69) is 15.2 Å². The van der Waals surface area contributed by atoms with Crippen molar-refractivity contribution >= 4 is 39.5 Å². The Kier molecular flexibility index (Phi) is 5.79. The maximum atomic E-state index is 12.6. The number of hydrogen-bond acceptors (Lipinski definition) is 6. The second-order valence-electron chi connectivity index (χ2n) is 7.47. The molecule has 1 saturated carbocycles. The number of anilines is 2. The summed E-state index contributed by atoms with van der Waals surface area (Å²) in [5.41, 5.74) is 2.70. The van der Waals surface area contributed by atoms with Crippen molar-refractivity contribution in [1.29, 1.82) is 5.26 Å². The van der Waals surface area contributed by atoms with Gasteiger partial charge in [-0.2, -0.15) is 5.26 Å². The van der Waals surface area contributed by atoms with Crippen LogP contribution in [-0.2, 0) is 14.8 Å². The van der Waals surface area contributed by atoms with E-state index in [1.165, 1.54) is 36.4 Å². The van der Waals surface area contributed by atoms with Crippen molar-refractivity contribution in [2.45, 2.75) is 24.7 Å². The third-order valence-corrected chi connectivity index (χ3v) is 6.37. The molecule has 0 unspecified atom stereocenters. The number of nitrogens with zero attached hydrogens (tertiary/aromatic N) is 2. The van der Waals surface area contributed by atoms with Crippen LogP contribution in [0.25, 0.3) is 12.2 Å². The van der Waals surface area contributed by atoms with E-state index in [0.717, 1.165) is 18.4 Å². The number of nitriles is 1. The van der Waals surface area contributed by atoms with Crippen LogP contribution in [0.4, 0.5) is 11.4 Å². The highest BCUT2D eigenvalue weighted by Crippen LogP contribution is 2.32. The summed E-state index contributed by atoms with van der Waals surface area (Å²) in [6, 6.07) is 14.4. The van der Waals surface area contributed by atoms with E-state index in [1.807, 2.05) is 6.07 Å². The van der Waals surface area contributed by atoms with Crippen LogP contribution in [0.3, 0.4) is 0 Å². The standard InChI is InChI=1S/C23H20N4O4S/c1-15-22(25-23(28)18-7-8-18)21(31-26-15)13-6-16-4-11-20(12-5-16)32(29,30)27-19-9-2-17(14-24)3-10-19/h2-6,9-13,18,27H,7-8H2,1H3,(H,25,28). The molecule has 32 heavy (non-hydrogen) atoms. The lowest BCUT2D eigenvalue weighted by atomic mass is 10.2. The van der Waals surface area contributed by atoms with E-state index in [1.54, 1.807) is 31.2 Å². The van der Waals surface area contributed by atoms with Gasteiger partial charge in [-0.05, 0) is 67.8 Å². The molecule has 1 heterocycles. The molecule has 0 atom stereocenters. The van der Waals surface area contributed by atoms with Gasteiger partial charge in [0.05, 0.1) is 16.5 Å². The number of nitrogens with one attached hydrogen (secondary N) is 2. The maximum Gasteiger partial charge on any atom is 0.261 e. The fourth-order valence-corrected chi connectivity index (χ4v) is 4.04. The number of amides is 1. The number of carbonyl (C=O) groups excluding carboxylic acids is 1. The van der Waals surface area contributed by atoms with Crippen molar-refractivity contribution in [3.63, 3.8) is 0 Å². The van der Waals surface area contributed by atoms with E-state index in [4.69, 9.17) is 9.78 Å². The van der Waals surface area contributed by atoms with Gasteiger partial charge in [0.15, 0.2) is 5.76 Å². The van der Waals surface area contributed by atoms with Gasteiger partial charge in [-0.3, -0.25) is 9.52 Å². The van der Waals surface area contributed by atoms with Gasteiger partial charge in [0.2, 0.25) is 5.91 Å². The molecule has 0 spiro atoms. The highest BCUT2D eigenvalue weighted by atomic mass is 32.2. The van der Waals surface area contributed by atoms with Gasteiger partial charge < -0.3 is 9.84 Å². The summed E-state index contributed by atoms with van der Waals surface area (Å²) in [4.78, 5) is 12.2. The fraction of sp³-hybridized carbons (Fsp3) is 0.174. The summed E-state index contributed by atoms with van der Waals surface area (Å²) >= 11 is 0. The summed E-state index contributed by atoms with van der Waals surface area (Å²) in [6.45, 7) is 1.75. The Labute approximate surface area is 185 Å². The van der Waals surface area contributed by atoms with Crippen molar-refractivity contribution in [2.75, 3.05) is 10.0 Å². The number of hydrogen-bond donors (Lipinski definition) is 2. The summed E-state index contributed by atoms with van der Waals surface area (Å²) < 4.78 is 33.0. The summed E-state index contributed by atoms with van der Waals surface area (Å²) in [7, 11) is -3.77. The minimum absolute atomic E-state index is 0.0322. The average Bonchev–Trinajstić information content (AvgIpc) is 3.59. The van der Waals surface area contributed by atoms with Crippen molar-refractivity contribution in [1.82, 2.24) is 5.16 Å². The van der Waals surface area contributed by atoms with Crippen molar-refractivity contribution in [3.8, 4) is 6.07 Å². The minimum Gasteiger partial charge on any atom is -0.354 e. The van der Waals surface area contributed by atoms with Crippen molar-refractivity contribution in [2.24, 2.45) is 5.92 Å². The van der Waals surface area contributed by atoms with E-state index < -0.39 is 10.0 Å². The van der Waals surface area contributed by atoms with Gasteiger partial charge in [0.25, 0.3) is 10.0 Å². The first kappa shape index (κ1) is 21.3. The molecule has 0 saturated heterocycles. The van der Waals surface area contributed by atoms with E-state index in [0.29, 0.717) is 28.4 Å². The maximum absolute atomic E-state index is 12.6. The molecule has 0 aliphatic heterocycles. The molecule has 1 aromatic heterocycles. The molecule has 3 aromatic rings. The molecule has 1 fully saturated rings. The number of aryl methyl sites for hydroxylation is 1. The van der Waals surface area contributed by atoms with Crippen molar-refractivity contribution in [3.05, 3.63) is 71.1 Å². The second-order valence-corrected chi connectivity index (χ2v) is 9.15. The second kappa shape index (κ2) is 8.69. The van der Waals surface area contributed by atoms with Crippen LogP contribution in [0.1, 0.15) is 35.4 Å². The van der Waals surface area contributed by atoms with Crippen LogP contribution >= 0.6 is 0 Å². The molecule has 0 bridgehead atoms. The van der Waals surface area contributed by atoms with Crippen LogP contribution in [0, 0.1) is 24.2 Å². The average molecular weight is 449 g/mol. The monoisotopic (exact) mass is 448 g/mol. The number of benzene rings is 2. The third kappa shape index (κ3) is 4.87. The summed E-state index contributed by atoms with van der Waals surface area (Å²) in [6.07, 6.45) is 5.23. The molecular formula is C23H20N4O4S. The molecule has 0 radical (unpaired) electrons. The molecule has 9 heteroatoms. The molecule has 1 aliphatic rings. The number of rotatable bonds is 7. The molecule has 162 valence electrons. The third-order valence-electron chi connectivity index (χ3n) is 4.97. The highest BCUT2D eigenvalue weighted by Gasteiger charge is 2.30. The topological polar surface area (TPSA) is 125 Å². The summed E-state index contributed by atoms with van der Waals surface area (Å²) in [5, 5.41) is 15.6. The molecular weight excluding hydrogens is 428 g/mol. The zero-order valence-electron chi connectivity index (χ0n) is 17.2. The molecule has 2 aromatic carbocycles. The van der Waals surface area contributed by atoms with Gasteiger partial charge in [0.1, 0.15) is 11.4 Å². The number of carbonyl (C=O) groups is 1. The first-order valence-electron chi connectivity index (χ1n) is 9.94. The van der Waals surface area contributed by atoms with E-state index >= 15 is 0 Å². The number of sulfonamides is 1. The zero-order valence-corrected chi connectivity index (χ0v) is 18.0. The molecule has 4 rings (SSSR count). The molecule has 2 N–H and O–H groups in total. The lowest BCUT2D eigenvalue weighted by molar-refractivity contribution is -0.117. The lowest BCUT2D eigenvalue weighted by Crippen LogP contribution is -2.14. The van der Waals surface area contributed by atoms with Gasteiger partial charge in [-0.1, -0.05) is 23.4 Å². The minimum atomic E-state index is -3.77. The highest BCUT2D eigenvalue weighted by molar-refractivity contribution is 7.92. The Hall–Kier alpha value is -3.90. The van der Waals surface area contributed by atoms with Crippen molar-refractivity contribution < 1.29 is 17.7 Å². The quantitative estimate of drug-likeness (QED) is 0.559. The van der Waals surface area contributed by atoms with Crippen LogP contribution in [0.2, 0.25) is 0 Å². The number of aromatic nitrogens is 1. The predicted octanol–water partition coefficient (Wildman–Crippen LogP) is 4.17. The van der Waals surface area contributed by atoms with Gasteiger partial charge in [0, 0.05) is 11.6 Å². The fourth-order valence-electron chi connectivity index (χ4n) is 2.98. The Morgan fingerprint density at radius 1 is 1.12 bits per heavy atom. The smallest absolute Gasteiger partial charge is 0.261 e. The van der Waals surface area contributed by atoms with Gasteiger partial charge in [-0.15, -0.1) is 0 Å². The molecule has 1 amide bonds. The molecule has 1 aliphatic carbocycles. The lowest BCUT2D eigenvalue weighted by Gasteiger charge is -2.08. The Morgan fingerprint density at radius 2 is 1.81 bits per heavy atom. The normalized spacial score (nSPS) is 13.6. The van der Waals surface area contributed by atoms with Crippen LogP contribution in [0.5, 0.6) is 0 Å². The van der Waals surface area contributed by atoms with Crippen LogP contribution < -0.4 is 10.0 Å². The Bertz CT molecular complexity index is 1310. The van der Waals surface area contributed by atoms with Crippen LogP contribution in [-0.4, -0.2) is 19.5 Å². The first-order chi connectivity index (χ1) is 15.4. The predicted molar refractivity (Wildman–Crippen MR) is 120 cm³/mol. The zero-order chi connectivity index (χ0) is 22.7. The van der Waals surface area contributed by atoms with E-state index in [-0.39, 0.29) is 16.7 Å². The Balaban J connectivity index is 1.46. The summed E-state index contributed by atoms with van der Waals surface area (Å²) in [5.74, 6) is 0.458. The van der Waals surface area contributed by atoms with E-state index in [9.17, 15) is 13.2 Å². The van der Waals surface area contributed by atoms with Gasteiger partial charge in [-0.25, -0.2) is 8.42 Å². The SMILES string of the molecule is Cc1noc(C=Cc2ccc(S(=O)(=O)Nc3ccc(C#N)cc3)cc2)c1NC(=O)C1CC1. The largest absolute Gasteiger partial charge is 0.354 e. The first-order valence-corrected chi connectivity index (χ1v) is 11.4. The Morgan fingerprint density at radius 3 is 2.44 bits per heavy atom.